The third kappa shape index (κ3) is 4.25. The third-order valence-electron chi connectivity index (χ3n) is 5.56. The van der Waals surface area contributed by atoms with Crippen molar-refractivity contribution >= 4 is 35.0 Å². The summed E-state index contributed by atoms with van der Waals surface area (Å²) in [6.07, 6.45) is 3.91. The van der Waals surface area contributed by atoms with Gasteiger partial charge in [-0.05, 0) is 49.6 Å². The van der Waals surface area contributed by atoms with Crippen LogP contribution in [0.15, 0.2) is 29.4 Å². The summed E-state index contributed by atoms with van der Waals surface area (Å²) in [4.78, 5) is 27.8. The zero-order chi connectivity index (χ0) is 19.5. The highest BCUT2D eigenvalue weighted by molar-refractivity contribution is 7.99. The van der Waals surface area contributed by atoms with Gasteiger partial charge in [0.2, 0.25) is 5.91 Å². The molecule has 0 aromatic heterocycles. The van der Waals surface area contributed by atoms with Gasteiger partial charge in [-0.1, -0.05) is 12.1 Å². The average molecular weight is 402 g/mol. The first kappa shape index (κ1) is 19.5. The van der Waals surface area contributed by atoms with Crippen LogP contribution in [0.4, 0.5) is 5.69 Å². The summed E-state index contributed by atoms with van der Waals surface area (Å²) in [6.45, 7) is 3.39. The molecule has 0 saturated carbocycles. The van der Waals surface area contributed by atoms with Crippen molar-refractivity contribution in [1.29, 1.82) is 0 Å². The van der Waals surface area contributed by atoms with Crippen molar-refractivity contribution in [2.45, 2.75) is 51.2 Å². The van der Waals surface area contributed by atoms with Gasteiger partial charge in [-0.2, -0.15) is 16.9 Å². The SMILES string of the molecule is Cc1cccc(N2N=C(C(=O)N(CC3CCCO3)C3CCSC3)CCC2=O)c1. The van der Waals surface area contributed by atoms with E-state index in [1.54, 1.807) is 0 Å². The fourth-order valence-corrected chi connectivity index (χ4v) is 5.23. The van der Waals surface area contributed by atoms with Gasteiger partial charge in [0, 0.05) is 37.8 Å². The lowest BCUT2D eigenvalue weighted by molar-refractivity contribution is -0.127. The van der Waals surface area contributed by atoms with Crippen molar-refractivity contribution < 1.29 is 14.3 Å². The minimum atomic E-state index is -0.0655. The molecule has 1 aromatic rings. The van der Waals surface area contributed by atoms with Crippen LogP contribution < -0.4 is 5.01 Å². The Morgan fingerprint density at radius 1 is 1.36 bits per heavy atom. The molecule has 2 fully saturated rings. The Morgan fingerprint density at radius 3 is 2.96 bits per heavy atom. The van der Waals surface area contributed by atoms with Gasteiger partial charge >= 0.3 is 0 Å². The maximum absolute atomic E-state index is 13.4. The van der Waals surface area contributed by atoms with Gasteiger partial charge < -0.3 is 9.64 Å². The van der Waals surface area contributed by atoms with Crippen LogP contribution in [0, 0.1) is 6.92 Å². The van der Waals surface area contributed by atoms with E-state index >= 15 is 0 Å². The largest absolute Gasteiger partial charge is 0.376 e. The number of benzene rings is 1. The first-order valence-corrected chi connectivity index (χ1v) is 11.2. The van der Waals surface area contributed by atoms with E-state index in [9.17, 15) is 9.59 Å². The molecule has 6 nitrogen and oxygen atoms in total. The Hall–Kier alpha value is -1.86. The number of hydrogen-bond acceptors (Lipinski definition) is 5. The maximum atomic E-state index is 13.4. The summed E-state index contributed by atoms with van der Waals surface area (Å²) in [5, 5.41) is 5.90. The van der Waals surface area contributed by atoms with E-state index in [1.807, 2.05) is 47.9 Å². The second-order valence-electron chi connectivity index (χ2n) is 7.70. The first-order valence-electron chi connectivity index (χ1n) is 10.1. The number of amides is 2. The second-order valence-corrected chi connectivity index (χ2v) is 8.85. The van der Waals surface area contributed by atoms with E-state index in [0.717, 1.165) is 48.6 Å². The van der Waals surface area contributed by atoms with Gasteiger partial charge in [0.25, 0.3) is 5.91 Å². The quantitative estimate of drug-likeness (QED) is 0.761. The van der Waals surface area contributed by atoms with Crippen molar-refractivity contribution in [3.05, 3.63) is 29.8 Å². The Bertz CT molecular complexity index is 770. The summed E-state index contributed by atoms with van der Waals surface area (Å²) in [6, 6.07) is 7.90. The molecular weight excluding hydrogens is 374 g/mol. The monoisotopic (exact) mass is 401 g/mol. The predicted molar refractivity (Wildman–Crippen MR) is 112 cm³/mol. The van der Waals surface area contributed by atoms with Gasteiger partial charge in [-0.15, -0.1) is 0 Å². The number of carbonyl (C=O) groups is 2. The zero-order valence-corrected chi connectivity index (χ0v) is 17.1. The fourth-order valence-electron chi connectivity index (χ4n) is 4.01. The number of nitrogens with zero attached hydrogens (tertiary/aromatic N) is 3. The van der Waals surface area contributed by atoms with E-state index in [2.05, 4.69) is 5.10 Å². The highest BCUT2D eigenvalue weighted by Gasteiger charge is 2.35. The molecule has 2 amide bonds. The number of hydrazone groups is 1. The standard InChI is InChI=1S/C21H27N3O3S/c1-15-4-2-5-16(12-15)24-20(25)8-7-19(22-24)21(26)23(17-9-11-28-14-17)13-18-6-3-10-27-18/h2,4-5,12,17-18H,3,6-11,13-14H2,1H3. The minimum absolute atomic E-state index is 0.0341. The van der Waals surface area contributed by atoms with Crippen LogP contribution in [-0.4, -0.2) is 59.2 Å². The first-order chi connectivity index (χ1) is 13.6. The molecule has 150 valence electrons. The van der Waals surface area contributed by atoms with E-state index in [1.165, 1.54) is 5.01 Å². The summed E-state index contributed by atoms with van der Waals surface area (Å²) in [5.74, 6) is 1.95. The smallest absolute Gasteiger partial charge is 0.270 e. The Balaban J connectivity index is 1.57. The van der Waals surface area contributed by atoms with E-state index < -0.39 is 0 Å². The molecule has 4 rings (SSSR count). The van der Waals surface area contributed by atoms with Gasteiger partial charge in [0.05, 0.1) is 11.8 Å². The summed E-state index contributed by atoms with van der Waals surface area (Å²) in [5.41, 5.74) is 2.26. The lowest BCUT2D eigenvalue weighted by Gasteiger charge is -2.32. The van der Waals surface area contributed by atoms with Crippen LogP contribution in [0.25, 0.3) is 0 Å². The van der Waals surface area contributed by atoms with Gasteiger partial charge in [-0.3, -0.25) is 9.59 Å². The second kappa shape index (κ2) is 8.66. The number of carbonyl (C=O) groups excluding carboxylic acids is 2. The molecule has 0 radical (unpaired) electrons. The van der Waals surface area contributed by atoms with Crippen molar-refractivity contribution in [1.82, 2.24) is 4.90 Å². The molecule has 2 unspecified atom stereocenters. The molecule has 7 heteroatoms. The minimum Gasteiger partial charge on any atom is -0.376 e. The molecule has 0 aliphatic carbocycles. The molecule has 2 atom stereocenters. The summed E-state index contributed by atoms with van der Waals surface area (Å²) in [7, 11) is 0. The van der Waals surface area contributed by atoms with E-state index in [-0.39, 0.29) is 24.0 Å². The number of ether oxygens (including phenoxy) is 1. The molecule has 0 N–H and O–H groups in total. The third-order valence-corrected chi connectivity index (χ3v) is 6.70. The van der Waals surface area contributed by atoms with Gasteiger partial charge in [-0.25, -0.2) is 5.01 Å². The van der Waals surface area contributed by atoms with Crippen LogP contribution in [0.1, 0.15) is 37.7 Å². The lowest BCUT2D eigenvalue weighted by atomic mass is 10.1. The molecule has 28 heavy (non-hydrogen) atoms. The van der Waals surface area contributed by atoms with E-state index in [0.29, 0.717) is 25.1 Å². The van der Waals surface area contributed by atoms with Crippen LogP contribution in [-0.2, 0) is 14.3 Å². The van der Waals surface area contributed by atoms with Gasteiger partial charge in [0.1, 0.15) is 5.71 Å². The molecule has 2 saturated heterocycles. The van der Waals surface area contributed by atoms with Crippen LogP contribution >= 0.6 is 11.8 Å². The highest BCUT2D eigenvalue weighted by atomic mass is 32.2. The molecule has 0 spiro atoms. The number of rotatable bonds is 5. The van der Waals surface area contributed by atoms with Crippen LogP contribution in [0.3, 0.4) is 0 Å². The number of anilines is 1. The van der Waals surface area contributed by atoms with Crippen molar-refractivity contribution in [2.75, 3.05) is 29.7 Å². The topological polar surface area (TPSA) is 62.2 Å². The number of thioether (sulfide) groups is 1. The zero-order valence-electron chi connectivity index (χ0n) is 16.3. The summed E-state index contributed by atoms with van der Waals surface area (Å²) < 4.78 is 5.80. The van der Waals surface area contributed by atoms with Crippen molar-refractivity contribution in [3.8, 4) is 0 Å². The Kier molecular flexibility index (Phi) is 6.01. The van der Waals surface area contributed by atoms with Crippen LogP contribution in [0.2, 0.25) is 0 Å². The molecule has 0 bridgehead atoms. The number of hydrogen-bond donors (Lipinski definition) is 0. The van der Waals surface area contributed by atoms with Crippen molar-refractivity contribution in [2.24, 2.45) is 5.10 Å². The number of aryl methyl sites for hydroxylation is 1. The predicted octanol–water partition coefficient (Wildman–Crippen LogP) is 2.99. The summed E-state index contributed by atoms with van der Waals surface area (Å²) >= 11 is 1.89. The van der Waals surface area contributed by atoms with Crippen LogP contribution in [0.5, 0.6) is 0 Å². The van der Waals surface area contributed by atoms with Crippen molar-refractivity contribution in [3.63, 3.8) is 0 Å². The highest BCUT2D eigenvalue weighted by Crippen LogP contribution is 2.27. The van der Waals surface area contributed by atoms with Gasteiger partial charge in [0.15, 0.2) is 0 Å². The lowest BCUT2D eigenvalue weighted by Crippen LogP contribution is -2.49. The molecule has 3 aliphatic heterocycles. The average Bonchev–Trinajstić information content (AvgIpc) is 3.40. The van der Waals surface area contributed by atoms with E-state index in [4.69, 9.17) is 4.74 Å². The Labute approximate surface area is 170 Å². The Morgan fingerprint density at radius 2 is 2.25 bits per heavy atom. The molecule has 1 aromatic carbocycles. The maximum Gasteiger partial charge on any atom is 0.270 e. The molecule has 3 aliphatic rings. The molecule has 3 heterocycles. The molecular formula is C21H27N3O3S. The fraction of sp³-hybridized carbons (Fsp3) is 0.571. The normalized spacial score (nSPS) is 25.1.